The molecule has 2 aromatic heterocycles. The van der Waals surface area contributed by atoms with E-state index in [0.717, 1.165) is 55.3 Å². The Morgan fingerprint density at radius 1 is 0.367 bits per heavy atom. The second-order valence-electron chi connectivity index (χ2n) is 16.4. The van der Waals surface area contributed by atoms with Crippen molar-refractivity contribution in [3.63, 3.8) is 0 Å². The molecule has 0 N–H and O–H groups in total. The first kappa shape index (κ1) is 34.4. The van der Waals surface area contributed by atoms with Crippen LogP contribution < -0.4 is 0 Å². The third-order valence-corrected chi connectivity index (χ3v) is 12.5. The van der Waals surface area contributed by atoms with Crippen LogP contribution in [-0.2, 0) is 5.41 Å². The molecule has 0 bridgehead atoms. The topological polar surface area (TPSA) is 51.8 Å². The van der Waals surface area contributed by atoms with Crippen molar-refractivity contribution in [3.05, 3.63) is 199 Å². The molecule has 0 spiro atoms. The standard InChI is InChI=1S/C56H37N3O/c1-56(2)47-22-9-8-19-43(47)51-44(21-11-23-48(51)56)55-58-53(36-14-4-3-5-15-36)57-54(59-55)40-17-10-16-39(31-40)42-20-12-24-50-52(42)46-33-38(29-30-49(46)60-50)37-28-27-35-26-25-34-13-6-7-18-41(34)45(35)32-37/h3-33H,1-2H3. The lowest BCUT2D eigenvalue weighted by atomic mass is 9.82. The Morgan fingerprint density at radius 3 is 1.85 bits per heavy atom. The first-order valence-electron chi connectivity index (χ1n) is 20.5. The van der Waals surface area contributed by atoms with Gasteiger partial charge in [-0.3, -0.25) is 0 Å². The highest BCUT2D eigenvalue weighted by molar-refractivity contribution is 6.14. The number of hydrogen-bond donors (Lipinski definition) is 0. The molecule has 2 heterocycles. The molecule has 0 atom stereocenters. The lowest BCUT2D eigenvalue weighted by Crippen LogP contribution is -2.14. The largest absolute Gasteiger partial charge is 0.456 e. The van der Waals surface area contributed by atoms with Crippen LogP contribution in [0.2, 0.25) is 0 Å². The van der Waals surface area contributed by atoms with Crippen molar-refractivity contribution in [2.45, 2.75) is 19.3 Å². The van der Waals surface area contributed by atoms with Crippen LogP contribution in [-0.4, -0.2) is 15.0 Å². The Bertz CT molecular complexity index is 3530. The molecule has 9 aromatic carbocycles. The Kier molecular flexibility index (Phi) is 7.54. The van der Waals surface area contributed by atoms with E-state index < -0.39 is 0 Å². The van der Waals surface area contributed by atoms with Gasteiger partial charge < -0.3 is 4.42 Å². The number of fused-ring (bicyclic) bond motifs is 9. The second kappa shape index (κ2) is 13.2. The van der Waals surface area contributed by atoms with Gasteiger partial charge in [0.1, 0.15) is 11.2 Å². The predicted molar refractivity (Wildman–Crippen MR) is 247 cm³/mol. The summed E-state index contributed by atoms with van der Waals surface area (Å²) in [7, 11) is 0. The van der Waals surface area contributed by atoms with Gasteiger partial charge in [-0.15, -0.1) is 0 Å². The fourth-order valence-corrected chi connectivity index (χ4v) is 9.54. The minimum Gasteiger partial charge on any atom is -0.456 e. The van der Waals surface area contributed by atoms with Crippen LogP contribution in [0, 0.1) is 0 Å². The zero-order chi connectivity index (χ0) is 40.0. The molecule has 12 rings (SSSR count). The Labute approximate surface area is 347 Å². The quantitative estimate of drug-likeness (QED) is 0.164. The maximum atomic E-state index is 6.52. The number of rotatable bonds is 5. The maximum absolute atomic E-state index is 6.52. The van der Waals surface area contributed by atoms with Gasteiger partial charge in [-0.05, 0) is 96.4 Å². The molecular weight excluding hydrogens is 731 g/mol. The van der Waals surface area contributed by atoms with E-state index in [0.29, 0.717) is 17.5 Å². The van der Waals surface area contributed by atoms with Crippen molar-refractivity contribution in [1.29, 1.82) is 0 Å². The van der Waals surface area contributed by atoms with Crippen LogP contribution in [0.3, 0.4) is 0 Å². The van der Waals surface area contributed by atoms with Gasteiger partial charge >= 0.3 is 0 Å². The zero-order valence-electron chi connectivity index (χ0n) is 33.1. The Hall–Kier alpha value is -7.69. The molecule has 282 valence electrons. The van der Waals surface area contributed by atoms with Crippen LogP contribution in [0.15, 0.2) is 192 Å². The molecule has 0 saturated heterocycles. The second-order valence-corrected chi connectivity index (χ2v) is 16.4. The molecule has 0 fully saturated rings. The van der Waals surface area contributed by atoms with Gasteiger partial charge in [0.05, 0.1) is 0 Å². The molecule has 1 aliphatic carbocycles. The number of benzene rings is 9. The van der Waals surface area contributed by atoms with Gasteiger partial charge in [0.25, 0.3) is 0 Å². The summed E-state index contributed by atoms with van der Waals surface area (Å²) < 4.78 is 6.52. The van der Waals surface area contributed by atoms with Crippen LogP contribution in [0.5, 0.6) is 0 Å². The molecule has 0 radical (unpaired) electrons. The summed E-state index contributed by atoms with van der Waals surface area (Å²) in [4.78, 5) is 15.6. The molecule has 4 heteroatoms. The summed E-state index contributed by atoms with van der Waals surface area (Å²) in [6.07, 6.45) is 0. The van der Waals surface area contributed by atoms with E-state index >= 15 is 0 Å². The number of hydrogen-bond acceptors (Lipinski definition) is 4. The molecule has 60 heavy (non-hydrogen) atoms. The summed E-state index contributed by atoms with van der Waals surface area (Å²) in [6, 6.07) is 66.7. The van der Waals surface area contributed by atoms with Gasteiger partial charge in [-0.1, -0.05) is 172 Å². The highest BCUT2D eigenvalue weighted by atomic mass is 16.3. The van der Waals surface area contributed by atoms with Gasteiger partial charge in [-0.25, -0.2) is 15.0 Å². The van der Waals surface area contributed by atoms with Gasteiger partial charge in [-0.2, -0.15) is 0 Å². The number of furan rings is 1. The molecule has 0 amide bonds. The van der Waals surface area contributed by atoms with Crippen molar-refractivity contribution in [1.82, 2.24) is 15.0 Å². The third-order valence-electron chi connectivity index (χ3n) is 12.5. The Balaban J connectivity index is 1.01. The molecule has 11 aromatic rings. The summed E-state index contributed by atoms with van der Waals surface area (Å²) in [5, 5.41) is 7.15. The Morgan fingerprint density at radius 2 is 0.967 bits per heavy atom. The van der Waals surface area contributed by atoms with Gasteiger partial charge in [0.15, 0.2) is 17.5 Å². The third kappa shape index (κ3) is 5.34. The van der Waals surface area contributed by atoms with Crippen molar-refractivity contribution in [2.75, 3.05) is 0 Å². The summed E-state index contributed by atoms with van der Waals surface area (Å²) >= 11 is 0. The average molecular weight is 768 g/mol. The molecule has 4 nitrogen and oxygen atoms in total. The zero-order valence-corrected chi connectivity index (χ0v) is 33.1. The number of aromatic nitrogens is 3. The van der Waals surface area contributed by atoms with Crippen molar-refractivity contribution in [2.24, 2.45) is 0 Å². The van der Waals surface area contributed by atoms with Gasteiger partial charge in [0.2, 0.25) is 0 Å². The molecule has 0 unspecified atom stereocenters. The first-order chi connectivity index (χ1) is 29.5. The molecule has 1 aliphatic rings. The normalized spacial score (nSPS) is 13.0. The summed E-state index contributed by atoms with van der Waals surface area (Å²) in [5.41, 5.74) is 13.9. The summed E-state index contributed by atoms with van der Waals surface area (Å²) in [5.74, 6) is 1.92. The van der Waals surface area contributed by atoms with Crippen LogP contribution >= 0.6 is 0 Å². The van der Waals surface area contributed by atoms with Gasteiger partial charge in [0, 0.05) is 32.9 Å². The molecular formula is C56H37N3O. The van der Waals surface area contributed by atoms with E-state index in [1.54, 1.807) is 0 Å². The highest BCUT2D eigenvalue weighted by Crippen LogP contribution is 2.52. The average Bonchev–Trinajstić information content (AvgIpc) is 3.80. The van der Waals surface area contributed by atoms with Crippen LogP contribution in [0.25, 0.3) is 111 Å². The molecule has 0 aliphatic heterocycles. The minimum absolute atomic E-state index is 0.141. The minimum atomic E-state index is -0.141. The van der Waals surface area contributed by atoms with E-state index in [1.165, 1.54) is 49.4 Å². The monoisotopic (exact) mass is 767 g/mol. The smallest absolute Gasteiger partial charge is 0.164 e. The van der Waals surface area contributed by atoms with E-state index in [4.69, 9.17) is 19.4 Å². The predicted octanol–water partition coefficient (Wildman–Crippen LogP) is 14.7. The SMILES string of the molecule is CC1(C)c2ccccc2-c2c(-c3nc(-c4ccccc4)nc(-c4cccc(-c5cccc6oc7ccc(-c8ccc9ccc%10ccccc%10c9c8)cc7c56)c4)n3)cccc21. The summed E-state index contributed by atoms with van der Waals surface area (Å²) in [6.45, 7) is 4.60. The fraction of sp³-hybridized carbons (Fsp3) is 0.0536. The highest BCUT2D eigenvalue weighted by Gasteiger charge is 2.37. The fourth-order valence-electron chi connectivity index (χ4n) is 9.54. The lowest BCUT2D eigenvalue weighted by molar-refractivity contribution is 0.660. The first-order valence-corrected chi connectivity index (χ1v) is 20.5. The van der Waals surface area contributed by atoms with Crippen molar-refractivity contribution >= 4 is 43.5 Å². The van der Waals surface area contributed by atoms with Crippen LogP contribution in [0.4, 0.5) is 0 Å². The van der Waals surface area contributed by atoms with E-state index in [-0.39, 0.29) is 5.41 Å². The van der Waals surface area contributed by atoms with Crippen LogP contribution in [0.1, 0.15) is 25.0 Å². The number of nitrogens with zero attached hydrogens (tertiary/aromatic N) is 3. The molecule has 0 saturated carbocycles. The maximum Gasteiger partial charge on any atom is 0.164 e. The van der Waals surface area contributed by atoms with Crippen molar-refractivity contribution in [3.8, 4) is 67.5 Å². The lowest BCUT2D eigenvalue weighted by Gasteiger charge is -2.21. The van der Waals surface area contributed by atoms with E-state index in [2.05, 4.69) is 184 Å². The van der Waals surface area contributed by atoms with Crippen molar-refractivity contribution < 1.29 is 4.42 Å². The van der Waals surface area contributed by atoms with E-state index in [1.807, 2.05) is 18.2 Å². The van der Waals surface area contributed by atoms with E-state index in [9.17, 15) is 0 Å².